The van der Waals surface area contributed by atoms with E-state index >= 15 is 0 Å². The molecule has 1 aliphatic heterocycles. The second kappa shape index (κ2) is 4.04. The molecule has 1 aromatic rings. The van der Waals surface area contributed by atoms with Crippen LogP contribution in [0.25, 0.3) is 0 Å². The van der Waals surface area contributed by atoms with E-state index in [4.69, 9.17) is 5.26 Å². The zero-order valence-electron chi connectivity index (χ0n) is 9.60. The molecule has 0 saturated carbocycles. The molecular weight excluding hydrogens is 236 g/mol. The van der Waals surface area contributed by atoms with Crippen molar-refractivity contribution < 1.29 is 8.42 Å². The van der Waals surface area contributed by atoms with E-state index in [-0.39, 0.29) is 11.5 Å². The Bertz CT molecular complexity index is 574. The summed E-state index contributed by atoms with van der Waals surface area (Å²) in [6, 6.07) is 9.15. The summed E-state index contributed by atoms with van der Waals surface area (Å²) in [4.78, 5) is 0. The Balaban J connectivity index is 2.19. The van der Waals surface area contributed by atoms with Gasteiger partial charge >= 0.3 is 0 Å². The number of nitriles is 1. The van der Waals surface area contributed by atoms with Crippen molar-refractivity contribution in [1.82, 2.24) is 0 Å². The predicted molar refractivity (Wildman–Crippen MR) is 66.5 cm³/mol. The first-order valence-electron chi connectivity index (χ1n) is 5.41. The van der Waals surface area contributed by atoms with Crippen molar-refractivity contribution in [2.24, 2.45) is 0 Å². The average Bonchev–Trinajstić information content (AvgIpc) is 2.53. The summed E-state index contributed by atoms with van der Waals surface area (Å²) in [6.45, 7) is 1.90. The fourth-order valence-electron chi connectivity index (χ4n) is 2.12. The number of hydrogen-bond acceptors (Lipinski definition) is 4. The molecule has 1 N–H and O–H groups in total. The largest absolute Gasteiger partial charge is 0.379 e. The van der Waals surface area contributed by atoms with E-state index in [9.17, 15) is 8.42 Å². The zero-order valence-corrected chi connectivity index (χ0v) is 10.4. The topological polar surface area (TPSA) is 70.0 Å². The Hall–Kier alpha value is -1.54. The van der Waals surface area contributed by atoms with Gasteiger partial charge < -0.3 is 5.32 Å². The number of benzene rings is 1. The third kappa shape index (κ3) is 2.77. The van der Waals surface area contributed by atoms with Crippen molar-refractivity contribution in [1.29, 1.82) is 5.26 Å². The first kappa shape index (κ1) is 11.9. The summed E-state index contributed by atoms with van der Waals surface area (Å²) in [5.74, 6) is 0.380. The van der Waals surface area contributed by atoms with E-state index in [0.717, 1.165) is 5.69 Å². The third-order valence-corrected chi connectivity index (χ3v) is 4.84. The van der Waals surface area contributed by atoms with Crippen molar-refractivity contribution >= 4 is 15.5 Å². The van der Waals surface area contributed by atoms with E-state index in [1.807, 2.05) is 13.0 Å². The van der Waals surface area contributed by atoms with Crippen molar-refractivity contribution in [3.8, 4) is 6.07 Å². The molecule has 1 heterocycles. The molecule has 0 aromatic heterocycles. The van der Waals surface area contributed by atoms with Gasteiger partial charge in [0.05, 0.1) is 23.1 Å². The molecule has 1 atom stereocenters. The van der Waals surface area contributed by atoms with Crippen LogP contribution in [0.1, 0.15) is 18.9 Å². The minimum absolute atomic E-state index is 0.150. The number of sulfone groups is 1. The molecule has 1 unspecified atom stereocenters. The quantitative estimate of drug-likeness (QED) is 0.864. The number of nitrogens with one attached hydrogen (secondary N) is 1. The van der Waals surface area contributed by atoms with E-state index in [2.05, 4.69) is 11.4 Å². The summed E-state index contributed by atoms with van der Waals surface area (Å²) >= 11 is 0. The van der Waals surface area contributed by atoms with Gasteiger partial charge in [0.2, 0.25) is 0 Å². The van der Waals surface area contributed by atoms with Crippen molar-refractivity contribution in [3.05, 3.63) is 29.8 Å². The molecule has 0 aliphatic carbocycles. The lowest BCUT2D eigenvalue weighted by molar-refractivity contribution is 0.574. The first-order valence-corrected chi connectivity index (χ1v) is 7.23. The smallest absolute Gasteiger partial charge is 0.152 e. The highest BCUT2D eigenvalue weighted by atomic mass is 32.2. The fraction of sp³-hybridized carbons (Fsp3) is 0.417. The van der Waals surface area contributed by atoms with Crippen LogP contribution < -0.4 is 5.32 Å². The molecule has 2 rings (SSSR count). The van der Waals surface area contributed by atoms with Crippen molar-refractivity contribution in [3.63, 3.8) is 0 Å². The molecule has 17 heavy (non-hydrogen) atoms. The van der Waals surface area contributed by atoms with E-state index in [1.165, 1.54) is 0 Å². The number of nitrogens with zero attached hydrogens (tertiary/aromatic N) is 1. The van der Waals surface area contributed by atoms with Gasteiger partial charge in [-0.05, 0) is 31.5 Å². The highest BCUT2D eigenvalue weighted by Crippen LogP contribution is 2.27. The molecule has 1 aromatic carbocycles. The second-order valence-electron chi connectivity index (χ2n) is 4.72. The number of anilines is 1. The molecule has 1 saturated heterocycles. The van der Waals surface area contributed by atoms with Crippen LogP contribution in [0.5, 0.6) is 0 Å². The Kier molecular flexibility index (Phi) is 2.84. The van der Waals surface area contributed by atoms with Crippen LogP contribution in [0.2, 0.25) is 0 Å². The van der Waals surface area contributed by atoms with Crippen LogP contribution in [0, 0.1) is 11.3 Å². The standard InChI is InChI=1S/C12H14N2O2S/c1-12(5-6-17(15,16)9-12)14-11-4-2-3-10(7-11)8-13/h2-4,7,14H,5-6,9H2,1H3. The van der Waals surface area contributed by atoms with Gasteiger partial charge in [-0.2, -0.15) is 5.26 Å². The van der Waals surface area contributed by atoms with Crippen LogP contribution in [0.15, 0.2) is 24.3 Å². The van der Waals surface area contributed by atoms with E-state index in [0.29, 0.717) is 12.0 Å². The molecule has 1 aliphatic rings. The van der Waals surface area contributed by atoms with Gasteiger partial charge in [-0.15, -0.1) is 0 Å². The lowest BCUT2D eigenvalue weighted by Gasteiger charge is -2.25. The van der Waals surface area contributed by atoms with Gasteiger partial charge in [0.15, 0.2) is 9.84 Å². The maximum Gasteiger partial charge on any atom is 0.152 e. The van der Waals surface area contributed by atoms with Gasteiger partial charge in [0, 0.05) is 11.2 Å². The average molecular weight is 250 g/mol. The molecule has 1 fully saturated rings. The normalized spacial score (nSPS) is 26.4. The Morgan fingerprint density at radius 2 is 2.24 bits per heavy atom. The maximum absolute atomic E-state index is 11.5. The Labute approximate surface area is 101 Å². The van der Waals surface area contributed by atoms with Gasteiger partial charge in [-0.25, -0.2) is 8.42 Å². The summed E-state index contributed by atoms with van der Waals surface area (Å²) in [5, 5.41) is 12.0. The van der Waals surface area contributed by atoms with E-state index in [1.54, 1.807) is 18.2 Å². The fourth-order valence-corrected chi connectivity index (χ4v) is 4.22. The zero-order chi connectivity index (χ0) is 12.5. The van der Waals surface area contributed by atoms with Crippen molar-refractivity contribution in [2.75, 3.05) is 16.8 Å². The maximum atomic E-state index is 11.5. The van der Waals surface area contributed by atoms with Gasteiger partial charge in [0.25, 0.3) is 0 Å². The number of hydrogen-bond donors (Lipinski definition) is 1. The van der Waals surface area contributed by atoms with Crippen molar-refractivity contribution in [2.45, 2.75) is 18.9 Å². The van der Waals surface area contributed by atoms with Gasteiger partial charge in [-0.1, -0.05) is 6.07 Å². The summed E-state index contributed by atoms with van der Waals surface area (Å²) < 4.78 is 22.9. The lowest BCUT2D eigenvalue weighted by atomic mass is 10.0. The summed E-state index contributed by atoms with van der Waals surface area (Å²) in [6.07, 6.45) is 0.603. The monoisotopic (exact) mass is 250 g/mol. The predicted octanol–water partition coefficient (Wildman–Crippen LogP) is 1.55. The molecular formula is C12H14N2O2S. The number of rotatable bonds is 2. The summed E-state index contributed by atoms with van der Waals surface area (Å²) in [5.41, 5.74) is 0.940. The Morgan fingerprint density at radius 3 is 2.82 bits per heavy atom. The molecule has 0 radical (unpaired) electrons. The van der Waals surface area contributed by atoms with Gasteiger partial charge in [-0.3, -0.25) is 0 Å². The molecule has 0 amide bonds. The minimum atomic E-state index is -2.92. The minimum Gasteiger partial charge on any atom is -0.379 e. The van der Waals surface area contributed by atoms with Crippen LogP contribution in [-0.2, 0) is 9.84 Å². The third-order valence-electron chi connectivity index (χ3n) is 2.94. The molecule has 4 nitrogen and oxygen atoms in total. The van der Waals surface area contributed by atoms with Crippen LogP contribution >= 0.6 is 0 Å². The van der Waals surface area contributed by atoms with E-state index < -0.39 is 15.4 Å². The molecule has 0 spiro atoms. The second-order valence-corrected chi connectivity index (χ2v) is 6.90. The lowest BCUT2D eigenvalue weighted by Crippen LogP contribution is -2.35. The molecule has 90 valence electrons. The first-order chi connectivity index (χ1) is 7.92. The molecule has 5 heteroatoms. The SMILES string of the molecule is CC1(Nc2cccc(C#N)c2)CCS(=O)(=O)C1. The van der Waals surface area contributed by atoms with Crippen LogP contribution in [0.4, 0.5) is 5.69 Å². The van der Waals surface area contributed by atoms with Crippen LogP contribution in [0.3, 0.4) is 0 Å². The highest BCUT2D eigenvalue weighted by molar-refractivity contribution is 7.91. The molecule has 0 bridgehead atoms. The highest BCUT2D eigenvalue weighted by Gasteiger charge is 2.38. The van der Waals surface area contributed by atoms with Gasteiger partial charge in [0.1, 0.15) is 0 Å². The summed E-state index contributed by atoms with van der Waals surface area (Å²) in [7, 11) is -2.92. The van der Waals surface area contributed by atoms with Crippen LogP contribution in [-0.4, -0.2) is 25.5 Å². The Morgan fingerprint density at radius 1 is 1.47 bits per heavy atom.